The quantitative estimate of drug-likeness (QED) is 0.631. The van der Waals surface area contributed by atoms with Crippen molar-refractivity contribution < 1.29 is 4.79 Å². The summed E-state index contributed by atoms with van der Waals surface area (Å²) in [5.41, 5.74) is 0. The highest BCUT2D eigenvalue weighted by Crippen LogP contribution is 1.98. The Balaban J connectivity index is -0.000000175. The fraction of sp³-hybridized carbons (Fsp3) is 0.900. The van der Waals surface area contributed by atoms with Crippen molar-refractivity contribution in [1.82, 2.24) is 0 Å². The van der Waals surface area contributed by atoms with E-state index in [1.807, 2.05) is 27.7 Å². The van der Waals surface area contributed by atoms with Crippen LogP contribution in [0.1, 0.15) is 47.5 Å². The van der Waals surface area contributed by atoms with Crippen LogP contribution in [-0.4, -0.2) is 17.8 Å². The molecule has 0 aliphatic heterocycles. The van der Waals surface area contributed by atoms with Crippen LogP contribution in [0.25, 0.3) is 0 Å². The molecule has 0 fully saturated rings. The summed E-state index contributed by atoms with van der Waals surface area (Å²) in [6, 6.07) is 0. The molecular formula is C10H24OS. The molecule has 2 heteroatoms. The highest BCUT2D eigenvalue weighted by atomic mass is 32.2. The number of Topliss-reactive ketones (excluding diaryl/α,β-unsaturated/α-hetero) is 1. The molecular weight excluding hydrogens is 168 g/mol. The van der Waals surface area contributed by atoms with E-state index in [0.29, 0.717) is 5.78 Å². The molecule has 0 radical (unpaired) electrons. The molecule has 0 aromatic rings. The molecule has 0 bridgehead atoms. The fourth-order valence-corrected chi connectivity index (χ4v) is 0.898. The number of thioether (sulfide) groups is 1. The largest absolute Gasteiger partial charge is 0.300 e. The van der Waals surface area contributed by atoms with Crippen molar-refractivity contribution in [1.29, 1.82) is 0 Å². The summed E-state index contributed by atoms with van der Waals surface area (Å²) in [5, 5.41) is 0. The lowest BCUT2D eigenvalue weighted by Gasteiger charge is -1.90. The van der Waals surface area contributed by atoms with E-state index in [1.165, 1.54) is 0 Å². The molecule has 1 nitrogen and oxygen atoms in total. The van der Waals surface area contributed by atoms with E-state index in [-0.39, 0.29) is 0 Å². The predicted octanol–water partition coefficient (Wildman–Crippen LogP) is 3.77. The van der Waals surface area contributed by atoms with E-state index < -0.39 is 0 Å². The van der Waals surface area contributed by atoms with E-state index in [0.717, 1.165) is 18.6 Å². The van der Waals surface area contributed by atoms with Crippen molar-refractivity contribution in [2.24, 2.45) is 0 Å². The van der Waals surface area contributed by atoms with Crippen LogP contribution in [0.3, 0.4) is 0 Å². The summed E-state index contributed by atoms with van der Waals surface area (Å²) in [5.74, 6) is 1.42. The predicted molar refractivity (Wildman–Crippen MR) is 61.0 cm³/mol. The Labute approximate surface area is 82.3 Å². The molecule has 12 heavy (non-hydrogen) atoms. The lowest BCUT2D eigenvalue weighted by Crippen LogP contribution is -1.89. The van der Waals surface area contributed by atoms with Gasteiger partial charge >= 0.3 is 0 Å². The first kappa shape index (κ1) is 17.9. The monoisotopic (exact) mass is 192 g/mol. The van der Waals surface area contributed by atoms with Gasteiger partial charge in [-0.25, -0.2) is 0 Å². The van der Waals surface area contributed by atoms with Crippen LogP contribution in [0, 0.1) is 0 Å². The number of hydrogen-bond acceptors (Lipinski definition) is 2. The van der Waals surface area contributed by atoms with Crippen LogP contribution >= 0.6 is 11.8 Å². The minimum atomic E-state index is 0.305. The van der Waals surface area contributed by atoms with Gasteiger partial charge in [0.05, 0.1) is 0 Å². The van der Waals surface area contributed by atoms with Crippen LogP contribution in [0.2, 0.25) is 0 Å². The maximum absolute atomic E-state index is 10.3. The van der Waals surface area contributed by atoms with Crippen LogP contribution in [0.15, 0.2) is 0 Å². The van der Waals surface area contributed by atoms with Gasteiger partial charge in [-0.05, 0) is 25.4 Å². The second-order valence-electron chi connectivity index (χ2n) is 1.80. The third-order valence-corrected chi connectivity index (χ3v) is 1.57. The zero-order valence-corrected chi connectivity index (χ0v) is 10.3. The highest BCUT2D eigenvalue weighted by Gasteiger charge is 1.89. The summed E-state index contributed by atoms with van der Waals surface area (Å²) in [6.07, 6.45) is 3.84. The number of ketones is 1. The molecule has 0 rings (SSSR count). The topological polar surface area (TPSA) is 17.1 Å². The van der Waals surface area contributed by atoms with Gasteiger partial charge in [0, 0.05) is 6.42 Å². The Bertz CT molecular complexity index is 72.2. The Morgan fingerprint density at radius 3 is 1.83 bits per heavy atom. The molecule has 0 aliphatic rings. The average molecular weight is 192 g/mol. The summed E-state index contributed by atoms with van der Waals surface area (Å²) in [4.78, 5) is 10.3. The average Bonchev–Trinajstić information content (AvgIpc) is 2.12. The second-order valence-corrected chi connectivity index (χ2v) is 2.78. The first-order chi connectivity index (χ1) is 5.77. The number of rotatable bonds is 4. The van der Waals surface area contributed by atoms with Crippen LogP contribution < -0.4 is 0 Å². The maximum atomic E-state index is 10.3. The molecule has 0 saturated carbocycles. The smallest absolute Gasteiger partial charge is 0.129 e. The molecule has 0 unspecified atom stereocenters. The fourth-order valence-electron chi connectivity index (χ4n) is 0.465. The van der Waals surface area contributed by atoms with Gasteiger partial charge in [-0.15, -0.1) is 0 Å². The third-order valence-electron chi connectivity index (χ3n) is 0.877. The SMILES string of the molecule is CC.CC.CSCCCC(C)=O. The van der Waals surface area contributed by atoms with Crippen LogP contribution in [0.5, 0.6) is 0 Å². The van der Waals surface area contributed by atoms with Gasteiger partial charge in [-0.1, -0.05) is 27.7 Å². The molecule has 0 amide bonds. The van der Waals surface area contributed by atoms with E-state index in [2.05, 4.69) is 6.26 Å². The van der Waals surface area contributed by atoms with Crippen molar-refractivity contribution in [2.75, 3.05) is 12.0 Å². The number of hydrogen-bond donors (Lipinski definition) is 0. The summed E-state index contributed by atoms with van der Waals surface area (Å²) in [6.45, 7) is 9.64. The highest BCUT2D eigenvalue weighted by molar-refractivity contribution is 7.98. The molecule has 0 aromatic carbocycles. The Morgan fingerprint density at radius 2 is 1.58 bits per heavy atom. The summed E-state index contributed by atoms with van der Waals surface area (Å²) in [7, 11) is 0. The van der Waals surface area contributed by atoms with E-state index in [9.17, 15) is 4.79 Å². The van der Waals surface area contributed by atoms with Crippen molar-refractivity contribution in [3.63, 3.8) is 0 Å². The summed E-state index contributed by atoms with van der Waals surface area (Å²) >= 11 is 1.79. The molecule has 76 valence electrons. The van der Waals surface area contributed by atoms with E-state index in [1.54, 1.807) is 18.7 Å². The van der Waals surface area contributed by atoms with Crippen molar-refractivity contribution in [3.05, 3.63) is 0 Å². The zero-order valence-electron chi connectivity index (χ0n) is 9.44. The Morgan fingerprint density at radius 1 is 1.17 bits per heavy atom. The zero-order chi connectivity index (χ0) is 10.4. The van der Waals surface area contributed by atoms with Crippen molar-refractivity contribution >= 4 is 17.5 Å². The lowest BCUT2D eigenvalue weighted by molar-refractivity contribution is -0.117. The van der Waals surface area contributed by atoms with Gasteiger partial charge in [0.25, 0.3) is 0 Å². The van der Waals surface area contributed by atoms with Gasteiger partial charge in [0.2, 0.25) is 0 Å². The standard InChI is InChI=1S/C6H12OS.2C2H6/c1-6(7)4-3-5-8-2;2*1-2/h3-5H2,1-2H3;2*1-2H3. The molecule has 0 aromatic heterocycles. The first-order valence-corrected chi connectivity index (χ1v) is 6.15. The summed E-state index contributed by atoms with van der Waals surface area (Å²) < 4.78 is 0. The van der Waals surface area contributed by atoms with Crippen molar-refractivity contribution in [3.8, 4) is 0 Å². The molecule has 0 aliphatic carbocycles. The third kappa shape index (κ3) is 32.3. The number of carbonyl (C=O) groups is 1. The normalized spacial score (nSPS) is 7.17. The van der Waals surface area contributed by atoms with Crippen molar-refractivity contribution in [2.45, 2.75) is 47.5 Å². The first-order valence-electron chi connectivity index (χ1n) is 4.75. The molecule has 0 atom stereocenters. The van der Waals surface area contributed by atoms with Crippen LogP contribution in [-0.2, 0) is 4.79 Å². The molecule has 0 saturated heterocycles. The molecule has 0 N–H and O–H groups in total. The van der Waals surface area contributed by atoms with Crippen LogP contribution in [0.4, 0.5) is 0 Å². The Hall–Kier alpha value is 0.0200. The molecule has 0 spiro atoms. The van der Waals surface area contributed by atoms with E-state index in [4.69, 9.17) is 0 Å². The second kappa shape index (κ2) is 22.5. The minimum Gasteiger partial charge on any atom is -0.300 e. The van der Waals surface area contributed by atoms with E-state index >= 15 is 0 Å². The Kier molecular flexibility index (Phi) is 33.6. The van der Waals surface area contributed by atoms with Gasteiger partial charge in [0.15, 0.2) is 0 Å². The van der Waals surface area contributed by atoms with Gasteiger partial charge in [0.1, 0.15) is 5.78 Å². The molecule has 0 heterocycles. The minimum absolute atomic E-state index is 0.305. The number of carbonyl (C=O) groups excluding carboxylic acids is 1. The van der Waals surface area contributed by atoms with Gasteiger partial charge in [-0.2, -0.15) is 11.8 Å². The van der Waals surface area contributed by atoms with Gasteiger partial charge < -0.3 is 4.79 Å². The maximum Gasteiger partial charge on any atom is 0.129 e. The lowest BCUT2D eigenvalue weighted by atomic mass is 10.3. The van der Waals surface area contributed by atoms with Gasteiger partial charge in [-0.3, -0.25) is 0 Å².